The predicted molar refractivity (Wildman–Crippen MR) is 107 cm³/mol. The van der Waals surface area contributed by atoms with E-state index in [4.69, 9.17) is 4.74 Å². The Balaban J connectivity index is 1.42. The van der Waals surface area contributed by atoms with E-state index in [1.807, 2.05) is 4.90 Å². The minimum Gasteiger partial charge on any atom is -0.445 e. The van der Waals surface area contributed by atoms with Gasteiger partial charge < -0.3 is 9.22 Å². The number of hydrogen-bond acceptors (Lipinski definition) is 3. The number of thiophene rings is 1. The van der Waals surface area contributed by atoms with E-state index in [0.29, 0.717) is 18.0 Å². The van der Waals surface area contributed by atoms with Gasteiger partial charge in [-0.15, -0.1) is 0 Å². The van der Waals surface area contributed by atoms with Crippen LogP contribution in [0, 0.1) is 5.92 Å². The molecule has 1 aromatic rings. The summed E-state index contributed by atoms with van der Waals surface area (Å²) >= 11 is 1.65. The topological polar surface area (TPSA) is 29.5 Å². The second-order valence-electron chi connectivity index (χ2n) is 9.09. The van der Waals surface area contributed by atoms with Crippen LogP contribution in [0.2, 0.25) is 0 Å². The number of piperidine rings is 1. The predicted octanol–water partition coefficient (Wildman–Crippen LogP) is 5.04. The first kappa shape index (κ1) is 18.3. The van der Waals surface area contributed by atoms with Gasteiger partial charge in [0.2, 0.25) is 0 Å². The fourth-order valence-electron chi connectivity index (χ4n) is 5.46. The van der Waals surface area contributed by atoms with Crippen molar-refractivity contribution in [3.63, 3.8) is 0 Å². The maximum Gasteiger partial charge on any atom is 0.414 e. The zero-order valence-electron chi connectivity index (χ0n) is 16.2. The van der Waals surface area contributed by atoms with Crippen LogP contribution >= 0.6 is 11.3 Å². The molecule has 3 atom stereocenters. The molecule has 2 bridgehead atoms. The van der Waals surface area contributed by atoms with E-state index < -0.39 is 0 Å². The minimum absolute atomic E-state index is 0.0960. The molecule has 0 N–H and O–H groups in total. The van der Waals surface area contributed by atoms with Gasteiger partial charge in [-0.2, -0.15) is 11.3 Å². The highest BCUT2D eigenvalue weighted by atomic mass is 32.1. The first-order valence-electron chi connectivity index (χ1n) is 10.4. The van der Waals surface area contributed by atoms with Gasteiger partial charge in [-0.05, 0) is 30.2 Å². The highest BCUT2D eigenvalue weighted by molar-refractivity contribution is 7.08. The summed E-state index contributed by atoms with van der Waals surface area (Å²) in [7, 11) is 4.70. The maximum atomic E-state index is 13.1. The summed E-state index contributed by atoms with van der Waals surface area (Å²) in [6.45, 7) is 0.816. The summed E-state index contributed by atoms with van der Waals surface area (Å²) in [5.41, 5.74) is 1.01. The number of fused-ring (bicyclic) bond motifs is 2. The average Bonchev–Trinajstić information content (AvgIpc) is 3.17. The molecular formula is C21H33N2O2S+. The van der Waals surface area contributed by atoms with Crippen LogP contribution in [0.25, 0.3) is 0 Å². The Morgan fingerprint density at radius 1 is 1.15 bits per heavy atom. The van der Waals surface area contributed by atoms with Crippen molar-refractivity contribution in [2.24, 2.45) is 5.92 Å². The van der Waals surface area contributed by atoms with Gasteiger partial charge >= 0.3 is 6.09 Å². The van der Waals surface area contributed by atoms with Crippen LogP contribution in [-0.2, 0) is 4.74 Å². The molecule has 3 aliphatic rings. The molecule has 1 unspecified atom stereocenters. The third kappa shape index (κ3) is 3.65. The lowest BCUT2D eigenvalue weighted by Crippen LogP contribution is -2.56. The molecule has 1 amide bonds. The number of carbonyl (C=O) groups excluding carboxylic acids is 1. The van der Waals surface area contributed by atoms with E-state index >= 15 is 0 Å². The molecule has 0 radical (unpaired) electrons. The number of nitrogens with zero attached hydrogens (tertiary/aromatic N) is 2. The lowest BCUT2D eigenvalue weighted by atomic mass is 9.89. The van der Waals surface area contributed by atoms with Crippen LogP contribution in [0.15, 0.2) is 16.8 Å². The normalized spacial score (nSPS) is 30.9. The smallest absolute Gasteiger partial charge is 0.414 e. The molecule has 4 nitrogen and oxygen atoms in total. The lowest BCUT2D eigenvalue weighted by molar-refractivity contribution is -0.931. The average molecular weight is 378 g/mol. The highest BCUT2D eigenvalue weighted by Gasteiger charge is 2.50. The third-order valence-corrected chi connectivity index (χ3v) is 7.93. The van der Waals surface area contributed by atoms with Crippen LogP contribution in [0.3, 0.4) is 0 Å². The summed E-state index contributed by atoms with van der Waals surface area (Å²) in [5.74, 6) is 0.620. The Bertz CT molecular complexity index is 594. The van der Waals surface area contributed by atoms with Crippen LogP contribution in [0.4, 0.5) is 10.5 Å². The zero-order valence-corrected chi connectivity index (χ0v) is 17.0. The first-order valence-corrected chi connectivity index (χ1v) is 11.3. The quantitative estimate of drug-likeness (QED) is 0.688. The van der Waals surface area contributed by atoms with Gasteiger partial charge in [0, 0.05) is 37.6 Å². The SMILES string of the molecule is C[N+]1(C)[C@@H]2CC[C@H]1CC(OC(=O)N(CC1CCCCC1)c1ccsc1)C2. The van der Waals surface area contributed by atoms with Gasteiger partial charge in [-0.1, -0.05) is 19.3 Å². The fraction of sp³-hybridized carbons (Fsp3) is 0.762. The molecule has 2 aliphatic heterocycles. The van der Waals surface area contributed by atoms with Gasteiger partial charge in [0.15, 0.2) is 0 Å². The number of carbonyl (C=O) groups is 1. The second kappa shape index (κ2) is 7.51. The Morgan fingerprint density at radius 2 is 1.85 bits per heavy atom. The summed E-state index contributed by atoms with van der Waals surface area (Å²) in [6, 6.07) is 3.36. The number of ether oxygens (including phenoxy) is 1. The summed E-state index contributed by atoms with van der Waals surface area (Å²) in [4.78, 5) is 15.0. The van der Waals surface area contributed by atoms with Crippen molar-refractivity contribution >= 4 is 23.1 Å². The molecule has 5 heteroatoms. The van der Waals surface area contributed by atoms with Crippen LogP contribution in [0.1, 0.15) is 57.8 Å². The molecule has 26 heavy (non-hydrogen) atoms. The van der Waals surface area contributed by atoms with Crippen molar-refractivity contribution in [2.75, 3.05) is 25.5 Å². The molecule has 2 saturated heterocycles. The van der Waals surface area contributed by atoms with Gasteiger partial charge in [0.1, 0.15) is 6.10 Å². The summed E-state index contributed by atoms with van der Waals surface area (Å²) in [5, 5.41) is 4.13. The van der Waals surface area contributed by atoms with E-state index in [-0.39, 0.29) is 12.2 Å². The Kier molecular flexibility index (Phi) is 5.29. The van der Waals surface area contributed by atoms with E-state index in [1.165, 1.54) is 44.9 Å². The van der Waals surface area contributed by atoms with Crippen LogP contribution in [0.5, 0.6) is 0 Å². The van der Waals surface area contributed by atoms with Gasteiger partial charge in [0.25, 0.3) is 0 Å². The summed E-state index contributed by atoms with van der Waals surface area (Å²) < 4.78 is 7.19. The molecule has 0 aromatic carbocycles. The molecule has 144 valence electrons. The zero-order chi connectivity index (χ0) is 18.1. The van der Waals surface area contributed by atoms with Gasteiger partial charge in [-0.25, -0.2) is 4.79 Å². The van der Waals surface area contributed by atoms with Crippen molar-refractivity contribution in [1.82, 2.24) is 0 Å². The number of rotatable bonds is 4. The van der Waals surface area contributed by atoms with Crippen molar-refractivity contribution in [1.29, 1.82) is 0 Å². The van der Waals surface area contributed by atoms with Crippen LogP contribution < -0.4 is 4.90 Å². The fourth-order valence-corrected chi connectivity index (χ4v) is 6.10. The largest absolute Gasteiger partial charge is 0.445 e. The third-order valence-electron chi connectivity index (χ3n) is 7.26. The van der Waals surface area contributed by atoms with E-state index in [2.05, 4.69) is 30.9 Å². The standard InChI is InChI=1S/C21H33N2O2S/c1-23(2)18-8-9-19(23)13-20(12-18)25-21(24)22(17-10-11-26-15-17)14-16-6-4-3-5-7-16/h10-11,15-16,18-20H,3-9,12-14H2,1-2H3/q+1/t18-,19+,20?. The molecule has 4 rings (SSSR count). The number of anilines is 1. The van der Waals surface area contributed by atoms with Gasteiger partial charge in [0.05, 0.1) is 31.9 Å². The summed E-state index contributed by atoms with van der Waals surface area (Å²) in [6.07, 6.45) is 11.0. The molecular weight excluding hydrogens is 344 g/mol. The molecule has 1 aliphatic carbocycles. The number of hydrogen-bond donors (Lipinski definition) is 0. The number of quaternary nitrogens is 1. The molecule has 3 fully saturated rings. The molecule has 0 spiro atoms. The van der Waals surface area contributed by atoms with Crippen molar-refractivity contribution in [3.8, 4) is 0 Å². The first-order chi connectivity index (χ1) is 12.5. The van der Waals surface area contributed by atoms with Crippen molar-refractivity contribution in [3.05, 3.63) is 16.8 Å². The highest BCUT2D eigenvalue weighted by Crippen LogP contribution is 2.41. The van der Waals surface area contributed by atoms with Gasteiger partial charge in [-0.3, -0.25) is 4.90 Å². The maximum absolute atomic E-state index is 13.1. The second-order valence-corrected chi connectivity index (χ2v) is 9.87. The van der Waals surface area contributed by atoms with E-state index in [9.17, 15) is 4.79 Å². The molecule has 1 saturated carbocycles. The van der Waals surface area contributed by atoms with E-state index in [0.717, 1.165) is 29.6 Å². The Hall–Kier alpha value is -1.07. The Labute approximate surface area is 161 Å². The molecule has 3 heterocycles. The monoisotopic (exact) mass is 377 g/mol. The van der Waals surface area contributed by atoms with Crippen LogP contribution in [-0.4, -0.2) is 49.4 Å². The number of amides is 1. The van der Waals surface area contributed by atoms with Crippen molar-refractivity contribution in [2.45, 2.75) is 76.0 Å². The Morgan fingerprint density at radius 3 is 2.46 bits per heavy atom. The lowest BCUT2D eigenvalue weighted by Gasteiger charge is -2.44. The minimum atomic E-state index is -0.120. The van der Waals surface area contributed by atoms with E-state index in [1.54, 1.807) is 11.3 Å². The van der Waals surface area contributed by atoms with Crippen molar-refractivity contribution < 1.29 is 14.0 Å². The molecule has 1 aromatic heterocycles.